The molecule has 6 nitrogen and oxygen atoms in total. The molecule has 31 heavy (non-hydrogen) atoms. The minimum absolute atomic E-state index is 0.194. The summed E-state index contributed by atoms with van der Waals surface area (Å²) in [6.45, 7) is 3.41. The molecule has 2 amide bonds. The fraction of sp³-hybridized carbons (Fsp3) is 0.261. The number of hydrogen-bond donors (Lipinski definition) is 0. The Morgan fingerprint density at radius 1 is 1.16 bits per heavy atom. The van der Waals surface area contributed by atoms with E-state index in [-0.39, 0.29) is 23.4 Å². The summed E-state index contributed by atoms with van der Waals surface area (Å²) in [5, 5.41) is -0.526. The number of ether oxygens (including phenoxy) is 2. The highest BCUT2D eigenvalue weighted by molar-refractivity contribution is 8.18. The van der Waals surface area contributed by atoms with Crippen molar-refractivity contribution >= 4 is 35.0 Å². The predicted molar refractivity (Wildman–Crippen MR) is 116 cm³/mol. The standard InChI is InChI=1S/C23H22FNO5S/c1-3-15(2)30-21(26)13-25-22(27)20(31-23(25)28)12-17-6-4-5-7-19(17)29-14-16-8-10-18(24)11-9-16/h4-12,15H,3,13-14H2,1-2H3/b20-12-/t15-/m1/s1. The quantitative estimate of drug-likeness (QED) is 0.432. The molecule has 1 fully saturated rings. The van der Waals surface area contributed by atoms with Crippen molar-refractivity contribution in [3.63, 3.8) is 0 Å². The molecule has 1 saturated heterocycles. The van der Waals surface area contributed by atoms with E-state index in [0.29, 0.717) is 17.7 Å². The molecule has 1 heterocycles. The topological polar surface area (TPSA) is 72.9 Å². The Morgan fingerprint density at radius 2 is 1.87 bits per heavy atom. The van der Waals surface area contributed by atoms with E-state index in [2.05, 4.69) is 0 Å². The molecule has 0 unspecified atom stereocenters. The molecule has 0 aromatic heterocycles. The second-order valence-corrected chi connectivity index (χ2v) is 7.92. The van der Waals surface area contributed by atoms with Crippen LogP contribution in [0.3, 0.4) is 0 Å². The van der Waals surface area contributed by atoms with Gasteiger partial charge in [-0.2, -0.15) is 0 Å². The van der Waals surface area contributed by atoms with Crippen LogP contribution in [-0.2, 0) is 20.9 Å². The smallest absolute Gasteiger partial charge is 0.326 e. The van der Waals surface area contributed by atoms with Crippen LogP contribution in [0.4, 0.5) is 9.18 Å². The van der Waals surface area contributed by atoms with Gasteiger partial charge in [0.2, 0.25) is 0 Å². The lowest BCUT2D eigenvalue weighted by Crippen LogP contribution is -2.35. The number of para-hydroxylation sites is 1. The van der Waals surface area contributed by atoms with Gasteiger partial charge in [0, 0.05) is 5.56 Å². The summed E-state index contributed by atoms with van der Waals surface area (Å²) in [4.78, 5) is 38.0. The van der Waals surface area contributed by atoms with E-state index >= 15 is 0 Å². The number of imide groups is 1. The van der Waals surface area contributed by atoms with Gasteiger partial charge >= 0.3 is 5.97 Å². The van der Waals surface area contributed by atoms with Gasteiger partial charge in [-0.15, -0.1) is 0 Å². The normalized spacial score (nSPS) is 16.0. The van der Waals surface area contributed by atoms with Crippen LogP contribution in [-0.4, -0.2) is 34.7 Å². The molecule has 0 aliphatic carbocycles. The summed E-state index contributed by atoms with van der Waals surface area (Å²) in [6.07, 6.45) is 1.92. The van der Waals surface area contributed by atoms with Gasteiger partial charge in [0.25, 0.3) is 11.1 Å². The molecular formula is C23H22FNO5S. The first kappa shape index (κ1) is 22.6. The van der Waals surface area contributed by atoms with Gasteiger partial charge in [-0.25, -0.2) is 4.39 Å². The number of hydrogen-bond acceptors (Lipinski definition) is 6. The maximum absolute atomic E-state index is 13.1. The Kier molecular flexibility index (Phi) is 7.46. The Balaban J connectivity index is 1.71. The van der Waals surface area contributed by atoms with Crippen molar-refractivity contribution < 1.29 is 28.2 Å². The van der Waals surface area contributed by atoms with Crippen molar-refractivity contribution in [3.05, 3.63) is 70.4 Å². The minimum atomic E-state index is -0.624. The fourth-order valence-electron chi connectivity index (χ4n) is 2.72. The molecule has 1 aliphatic rings. The number of nitrogens with zero attached hydrogens (tertiary/aromatic N) is 1. The number of carbonyl (C=O) groups is 3. The van der Waals surface area contributed by atoms with Crippen molar-refractivity contribution in [3.8, 4) is 5.75 Å². The van der Waals surface area contributed by atoms with Crippen molar-refractivity contribution in [2.45, 2.75) is 33.0 Å². The molecule has 2 aromatic carbocycles. The van der Waals surface area contributed by atoms with E-state index in [9.17, 15) is 18.8 Å². The predicted octanol–water partition coefficient (Wildman–Crippen LogP) is 4.78. The van der Waals surface area contributed by atoms with Crippen molar-refractivity contribution in [1.29, 1.82) is 0 Å². The van der Waals surface area contributed by atoms with Crippen molar-refractivity contribution in [1.82, 2.24) is 4.90 Å². The molecule has 0 spiro atoms. The van der Waals surface area contributed by atoms with E-state index in [1.54, 1.807) is 49.4 Å². The summed E-state index contributed by atoms with van der Waals surface area (Å²) in [5.74, 6) is -0.993. The maximum atomic E-state index is 13.1. The molecule has 1 atom stereocenters. The average Bonchev–Trinajstić information content (AvgIpc) is 3.01. The van der Waals surface area contributed by atoms with Gasteiger partial charge < -0.3 is 9.47 Å². The van der Waals surface area contributed by atoms with Crippen LogP contribution in [0.25, 0.3) is 6.08 Å². The van der Waals surface area contributed by atoms with Crippen LogP contribution in [0.15, 0.2) is 53.4 Å². The molecule has 1 aliphatic heterocycles. The number of benzene rings is 2. The Bertz CT molecular complexity index is 1010. The molecule has 162 valence electrons. The number of thioether (sulfide) groups is 1. The zero-order chi connectivity index (χ0) is 22.4. The molecule has 3 rings (SSSR count). The van der Waals surface area contributed by atoms with E-state index in [1.165, 1.54) is 12.1 Å². The number of amides is 2. The highest BCUT2D eigenvalue weighted by Crippen LogP contribution is 2.34. The Hall–Kier alpha value is -3.13. The van der Waals surface area contributed by atoms with Gasteiger partial charge in [-0.05, 0) is 54.9 Å². The molecule has 0 saturated carbocycles. The third-order valence-corrected chi connectivity index (χ3v) is 5.49. The van der Waals surface area contributed by atoms with Crippen molar-refractivity contribution in [2.75, 3.05) is 6.54 Å². The van der Waals surface area contributed by atoms with Crippen molar-refractivity contribution in [2.24, 2.45) is 0 Å². The van der Waals surface area contributed by atoms with Gasteiger partial charge in [-0.1, -0.05) is 37.3 Å². The van der Waals surface area contributed by atoms with Crippen LogP contribution < -0.4 is 4.74 Å². The fourth-order valence-corrected chi connectivity index (χ4v) is 3.55. The van der Waals surface area contributed by atoms with E-state index < -0.39 is 23.7 Å². The molecular weight excluding hydrogens is 421 g/mol. The summed E-state index contributed by atoms with van der Waals surface area (Å²) in [5.41, 5.74) is 1.40. The number of halogens is 1. The Labute approximate surface area is 184 Å². The number of carbonyl (C=O) groups excluding carboxylic acids is 3. The highest BCUT2D eigenvalue weighted by atomic mass is 32.2. The van der Waals surface area contributed by atoms with Crippen LogP contribution in [0.1, 0.15) is 31.4 Å². The molecule has 2 aromatic rings. The lowest BCUT2D eigenvalue weighted by molar-refractivity contribution is -0.150. The van der Waals surface area contributed by atoms with Gasteiger partial charge in [0.1, 0.15) is 24.7 Å². The number of esters is 1. The van der Waals surface area contributed by atoms with Gasteiger partial charge in [0.05, 0.1) is 11.0 Å². The highest BCUT2D eigenvalue weighted by Gasteiger charge is 2.37. The first-order valence-corrected chi connectivity index (χ1v) is 10.6. The third kappa shape index (κ3) is 5.95. The maximum Gasteiger partial charge on any atom is 0.326 e. The summed E-state index contributed by atoms with van der Waals surface area (Å²) in [7, 11) is 0. The van der Waals surface area contributed by atoms with Crippen LogP contribution in [0, 0.1) is 5.82 Å². The summed E-state index contributed by atoms with van der Waals surface area (Å²) in [6, 6.07) is 13.0. The van der Waals surface area contributed by atoms with E-state index in [4.69, 9.17) is 9.47 Å². The van der Waals surface area contributed by atoms with Crippen LogP contribution in [0.5, 0.6) is 5.75 Å². The van der Waals surface area contributed by atoms with Crippen LogP contribution >= 0.6 is 11.8 Å². The first-order chi connectivity index (χ1) is 14.9. The lowest BCUT2D eigenvalue weighted by atomic mass is 10.1. The molecule has 0 bridgehead atoms. The minimum Gasteiger partial charge on any atom is -0.488 e. The summed E-state index contributed by atoms with van der Waals surface area (Å²) < 4.78 is 24.0. The zero-order valence-electron chi connectivity index (χ0n) is 17.2. The monoisotopic (exact) mass is 443 g/mol. The SMILES string of the molecule is CC[C@@H](C)OC(=O)CN1C(=O)S/C(=C\c2ccccc2OCc2ccc(F)cc2)C1=O. The Morgan fingerprint density at radius 3 is 2.58 bits per heavy atom. The number of rotatable bonds is 8. The lowest BCUT2D eigenvalue weighted by Gasteiger charge is -2.15. The third-order valence-electron chi connectivity index (χ3n) is 4.58. The van der Waals surface area contributed by atoms with Gasteiger partial charge in [0.15, 0.2) is 0 Å². The van der Waals surface area contributed by atoms with Crippen LogP contribution in [0.2, 0.25) is 0 Å². The van der Waals surface area contributed by atoms with E-state index in [0.717, 1.165) is 22.2 Å². The van der Waals surface area contributed by atoms with E-state index in [1.807, 2.05) is 6.92 Å². The molecule has 0 N–H and O–H groups in total. The summed E-state index contributed by atoms with van der Waals surface area (Å²) >= 11 is 0.762. The molecule has 8 heteroatoms. The second kappa shape index (κ2) is 10.3. The second-order valence-electron chi connectivity index (χ2n) is 6.93. The largest absolute Gasteiger partial charge is 0.488 e. The van der Waals surface area contributed by atoms with Gasteiger partial charge in [-0.3, -0.25) is 19.3 Å². The zero-order valence-corrected chi connectivity index (χ0v) is 18.0. The molecule has 0 radical (unpaired) electrons. The average molecular weight is 443 g/mol. The first-order valence-electron chi connectivity index (χ1n) is 9.78.